The Bertz CT molecular complexity index is 495. The molecule has 0 spiro atoms. The number of hydrogen-bond acceptors (Lipinski definition) is 4. The van der Waals surface area contributed by atoms with Crippen LogP contribution >= 0.6 is 23.2 Å². The molecule has 1 aromatic carbocycles. The monoisotopic (exact) mass is 272 g/mol. The topological polar surface area (TPSA) is 52.6 Å². The van der Waals surface area contributed by atoms with Gasteiger partial charge in [0.1, 0.15) is 10.1 Å². The molecular formula is C11H6Cl2O4. The Hall–Kier alpha value is -1.52. The van der Waals surface area contributed by atoms with Crippen molar-refractivity contribution in [2.45, 2.75) is 6.29 Å². The summed E-state index contributed by atoms with van der Waals surface area (Å²) in [6.07, 6.45) is -1.26. The van der Waals surface area contributed by atoms with E-state index in [0.717, 1.165) is 0 Å². The van der Waals surface area contributed by atoms with Crippen molar-refractivity contribution in [3.05, 3.63) is 46.0 Å². The number of ether oxygens (including phenoxy) is 2. The van der Waals surface area contributed by atoms with Crippen molar-refractivity contribution in [2.75, 3.05) is 0 Å². The van der Waals surface area contributed by atoms with Crippen molar-refractivity contribution in [3.63, 3.8) is 0 Å². The van der Waals surface area contributed by atoms with Gasteiger partial charge in [0.05, 0.1) is 5.56 Å². The summed E-state index contributed by atoms with van der Waals surface area (Å²) in [7, 11) is 0. The lowest BCUT2D eigenvalue weighted by molar-refractivity contribution is -0.151. The second kappa shape index (κ2) is 4.77. The highest BCUT2D eigenvalue weighted by molar-refractivity contribution is 6.48. The van der Waals surface area contributed by atoms with Crippen molar-refractivity contribution in [1.29, 1.82) is 0 Å². The van der Waals surface area contributed by atoms with Gasteiger partial charge in [0.2, 0.25) is 0 Å². The second-order valence-electron chi connectivity index (χ2n) is 3.17. The summed E-state index contributed by atoms with van der Waals surface area (Å²) in [6, 6.07) is 8.26. The highest BCUT2D eigenvalue weighted by Crippen LogP contribution is 2.29. The molecule has 88 valence electrons. The minimum atomic E-state index is -1.26. The standard InChI is InChI=1S/C11H6Cl2O4/c12-7-8(13)11(17-10(7)15)16-9(14)6-4-2-1-3-5-6/h1-5,11H/t11-/m1/s1. The first-order valence-electron chi connectivity index (χ1n) is 4.62. The average molecular weight is 273 g/mol. The molecule has 0 bridgehead atoms. The zero-order valence-corrected chi connectivity index (χ0v) is 9.86. The van der Waals surface area contributed by atoms with E-state index in [1.807, 2.05) is 0 Å². The van der Waals surface area contributed by atoms with E-state index < -0.39 is 18.2 Å². The molecule has 0 radical (unpaired) electrons. The maximum Gasteiger partial charge on any atom is 0.354 e. The first kappa shape index (κ1) is 12.0. The lowest BCUT2D eigenvalue weighted by Gasteiger charge is -2.11. The van der Waals surface area contributed by atoms with Crippen LogP contribution < -0.4 is 0 Å². The van der Waals surface area contributed by atoms with Crippen LogP contribution in [0.25, 0.3) is 0 Å². The third kappa shape index (κ3) is 2.43. The van der Waals surface area contributed by atoms with Crippen LogP contribution in [-0.2, 0) is 14.3 Å². The van der Waals surface area contributed by atoms with Crippen LogP contribution in [0.15, 0.2) is 40.4 Å². The summed E-state index contributed by atoms with van der Waals surface area (Å²) in [5, 5.41) is -0.390. The van der Waals surface area contributed by atoms with Crippen molar-refractivity contribution >= 4 is 35.1 Å². The van der Waals surface area contributed by atoms with Gasteiger partial charge in [0, 0.05) is 0 Å². The summed E-state index contributed by atoms with van der Waals surface area (Å²) in [5.41, 5.74) is 0.330. The van der Waals surface area contributed by atoms with E-state index in [9.17, 15) is 9.59 Å². The quantitative estimate of drug-likeness (QED) is 0.776. The van der Waals surface area contributed by atoms with E-state index in [0.29, 0.717) is 5.56 Å². The molecular weight excluding hydrogens is 267 g/mol. The van der Waals surface area contributed by atoms with Crippen LogP contribution in [0, 0.1) is 0 Å². The lowest BCUT2D eigenvalue weighted by atomic mass is 10.2. The number of benzene rings is 1. The SMILES string of the molecule is O=C1O[C@@H](OC(=O)c2ccccc2)C(Cl)=C1Cl. The molecule has 6 heteroatoms. The lowest BCUT2D eigenvalue weighted by Crippen LogP contribution is -2.19. The molecule has 0 amide bonds. The summed E-state index contributed by atoms with van der Waals surface area (Å²) in [4.78, 5) is 22.6. The maximum absolute atomic E-state index is 11.6. The predicted octanol–water partition coefficient (Wildman–Crippen LogP) is 2.42. The Kier molecular flexibility index (Phi) is 3.36. The molecule has 17 heavy (non-hydrogen) atoms. The van der Waals surface area contributed by atoms with Crippen LogP contribution in [0.3, 0.4) is 0 Å². The molecule has 1 atom stereocenters. The molecule has 0 N–H and O–H groups in total. The van der Waals surface area contributed by atoms with Crippen molar-refractivity contribution in [3.8, 4) is 0 Å². The smallest absolute Gasteiger partial charge is 0.354 e. The molecule has 0 aliphatic carbocycles. The van der Waals surface area contributed by atoms with Crippen LogP contribution in [0.4, 0.5) is 0 Å². The third-order valence-electron chi connectivity index (χ3n) is 2.03. The van der Waals surface area contributed by atoms with E-state index >= 15 is 0 Å². The molecule has 1 aliphatic heterocycles. The van der Waals surface area contributed by atoms with Crippen LogP contribution in [0.5, 0.6) is 0 Å². The van der Waals surface area contributed by atoms with Gasteiger partial charge in [0.15, 0.2) is 0 Å². The van der Waals surface area contributed by atoms with E-state index in [1.54, 1.807) is 30.3 Å². The van der Waals surface area contributed by atoms with Crippen molar-refractivity contribution in [1.82, 2.24) is 0 Å². The molecule has 0 fully saturated rings. The fraction of sp³-hybridized carbons (Fsp3) is 0.0909. The van der Waals surface area contributed by atoms with Gasteiger partial charge < -0.3 is 9.47 Å². The number of hydrogen-bond donors (Lipinski definition) is 0. The molecule has 1 aliphatic rings. The summed E-state index contributed by atoms with van der Waals surface area (Å²) in [5.74, 6) is -1.45. The zero-order valence-electron chi connectivity index (χ0n) is 8.35. The van der Waals surface area contributed by atoms with Crippen molar-refractivity contribution < 1.29 is 19.1 Å². The highest BCUT2D eigenvalue weighted by atomic mass is 35.5. The molecule has 1 aromatic rings. The van der Waals surface area contributed by atoms with Gasteiger partial charge in [-0.05, 0) is 12.1 Å². The molecule has 2 rings (SSSR count). The normalized spacial score (nSPS) is 19.2. The van der Waals surface area contributed by atoms with Gasteiger partial charge in [-0.2, -0.15) is 0 Å². The largest absolute Gasteiger partial charge is 0.416 e. The number of carbonyl (C=O) groups excluding carboxylic acids is 2. The van der Waals surface area contributed by atoms with Crippen LogP contribution in [-0.4, -0.2) is 18.2 Å². The van der Waals surface area contributed by atoms with Gasteiger partial charge in [-0.3, -0.25) is 0 Å². The molecule has 0 saturated carbocycles. The average Bonchev–Trinajstić information content (AvgIpc) is 2.58. The Morgan fingerprint density at radius 2 is 1.88 bits per heavy atom. The fourth-order valence-electron chi connectivity index (χ4n) is 1.22. The zero-order chi connectivity index (χ0) is 12.4. The van der Waals surface area contributed by atoms with Crippen LogP contribution in [0.1, 0.15) is 10.4 Å². The van der Waals surface area contributed by atoms with Gasteiger partial charge in [-0.15, -0.1) is 0 Å². The van der Waals surface area contributed by atoms with E-state index in [1.165, 1.54) is 0 Å². The molecule has 1 heterocycles. The number of rotatable bonds is 2. The number of cyclic esters (lactones) is 1. The Morgan fingerprint density at radius 3 is 2.41 bits per heavy atom. The Morgan fingerprint density at radius 1 is 1.24 bits per heavy atom. The number of halogens is 2. The predicted molar refractivity (Wildman–Crippen MR) is 60.5 cm³/mol. The van der Waals surface area contributed by atoms with Gasteiger partial charge >= 0.3 is 11.9 Å². The summed E-state index contributed by atoms with van der Waals surface area (Å²) < 4.78 is 9.55. The Balaban J connectivity index is 2.09. The minimum absolute atomic E-state index is 0.124. The van der Waals surface area contributed by atoms with Crippen molar-refractivity contribution in [2.24, 2.45) is 0 Å². The fourth-order valence-corrected chi connectivity index (χ4v) is 1.52. The van der Waals surface area contributed by atoms with Gasteiger partial charge in [-0.25, -0.2) is 9.59 Å². The van der Waals surface area contributed by atoms with E-state index in [4.69, 9.17) is 27.9 Å². The van der Waals surface area contributed by atoms with Gasteiger partial charge in [0.25, 0.3) is 6.29 Å². The number of carbonyl (C=O) groups is 2. The van der Waals surface area contributed by atoms with Gasteiger partial charge in [-0.1, -0.05) is 41.4 Å². The molecule has 4 nitrogen and oxygen atoms in total. The maximum atomic E-state index is 11.6. The Labute approximate surface area is 107 Å². The van der Waals surface area contributed by atoms with Crippen LogP contribution in [0.2, 0.25) is 0 Å². The summed E-state index contributed by atoms with van der Waals surface area (Å²) >= 11 is 11.2. The molecule has 0 unspecified atom stereocenters. The summed E-state index contributed by atoms with van der Waals surface area (Å²) in [6.45, 7) is 0. The number of esters is 2. The minimum Gasteiger partial charge on any atom is -0.416 e. The van der Waals surface area contributed by atoms with E-state index in [-0.39, 0.29) is 10.1 Å². The second-order valence-corrected chi connectivity index (χ2v) is 3.96. The first-order valence-corrected chi connectivity index (χ1v) is 5.37. The molecule has 0 aromatic heterocycles. The highest BCUT2D eigenvalue weighted by Gasteiger charge is 2.35. The molecule has 0 saturated heterocycles. The van der Waals surface area contributed by atoms with E-state index in [2.05, 4.69) is 4.74 Å². The first-order chi connectivity index (χ1) is 8.09. The third-order valence-corrected chi connectivity index (χ3v) is 2.86.